The third-order valence-corrected chi connectivity index (χ3v) is 2.29. The number of ether oxygens (including phenoxy) is 1. The monoisotopic (exact) mass is 190 g/mol. The molecular weight excluding hydrogens is 176 g/mol. The molecule has 74 valence electrons. The summed E-state index contributed by atoms with van der Waals surface area (Å²) in [5.74, 6) is 0.848. The second-order valence-electron chi connectivity index (χ2n) is 3.48. The lowest BCUT2D eigenvalue weighted by atomic mass is 10.1. The molecule has 3 nitrogen and oxygen atoms in total. The zero-order valence-corrected chi connectivity index (χ0v) is 8.23. The van der Waals surface area contributed by atoms with Crippen molar-refractivity contribution in [3.8, 4) is 0 Å². The molecule has 0 spiro atoms. The number of aromatic nitrogens is 1. The van der Waals surface area contributed by atoms with Crippen molar-refractivity contribution >= 4 is 0 Å². The quantitative estimate of drug-likeness (QED) is 0.772. The number of nitrogens with zero attached hydrogens (tertiary/aromatic N) is 1. The van der Waals surface area contributed by atoms with Gasteiger partial charge in [-0.2, -0.15) is 0 Å². The molecule has 0 saturated carbocycles. The second kappa shape index (κ2) is 3.80. The van der Waals surface area contributed by atoms with Gasteiger partial charge in [-0.05, 0) is 24.6 Å². The molecule has 1 aromatic heterocycles. The third kappa shape index (κ3) is 1.77. The Hall–Kier alpha value is -1.35. The lowest BCUT2D eigenvalue weighted by Crippen LogP contribution is -2.15. The molecule has 1 aliphatic rings. The highest BCUT2D eigenvalue weighted by Crippen LogP contribution is 2.22. The standard InChI is InChI=1S/C11H14N2O/c1-8-4-5-9(13-7-8)11(12)10-3-2-6-14-10/h3-5,7,11H,2,6,12H2,1H3. The normalized spacial score (nSPS) is 17.4. The molecule has 0 fully saturated rings. The van der Waals surface area contributed by atoms with Gasteiger partial charge in [0.2, 0.25) is 0 Å². The van der Waals surface area contributed by atoms with E-state index in [1.807, 2.05) is 31.3 Å². The minimum absolute atomic E-state index is 0.210. The summed E-state index contributed by atoms with van der Waals surface area (Å²) in [7, 11) is 0. The van der Waals surface area contributed by atoms with E-state index in [1.54, 1.807) is 0 Å². The van der Waals surface area contributed by atoms with Crippen molar-refractivity contribution in [2.24, 2.45) is 5.73 Å². The van der Waals surface area contributed by atoms with E-state index in [2.05, 4.69) is 4.98 Å². The molecule has 0 saturated heterocycles. The van der Waals surface area contributed by atoms with E-state index in [1.165, 1.54) is 0 Å². The van der Waals surface area contributed by atoms with E-state index >= 15 is 0 Å². The zero-order valence-electron chi connectivity index (χ0n) is 8.23. The number of hydrogen-bond donors (Lipinski definition) is 1. The molecule has 3 heteroatoms. The Kier molecular flexibility index (Phi) is 2.50. The fourth-order valence-corrected chi connectivity index (χ4v) is 1.46. The van der Waals surface area contributed by atoms with E-state index in [4.69, 9.17) is 10.5 Å². The average Bonchev–Trinajstić information content (AvgIpc) is 2.71. The Morgan fingerprint density at radius 2 is 2.36 bits per heavy atom. The topological polar surface area (TPSA) is 48.1 Å². The fourth-order valence-electron chi connectivity index (χ4n) is 1.46. The summed E-state index contributed by atoms with van der Waals surface area (Å²) in [6.45, 7) is 2.75. The van der Waals surface area contributed by atoms with Crippen LogP contribution in [0.5, 0.6) is 0 Å². The van der Waals surface area contributed by atoms with Gasteiger partial charge >= 0.3 is 0 Å². The maximum absolute atomic E-state index is 5.99. The predicted octanol–water partition coefficient (Wildman–Crippen LogP) is 1.69. The highest BCUT2D eigenvalue weighted by Gasteiger charge is 2.17. The van der Waals surface area contributed by atoms with Crippen LogP contribution < -0.4 is 5.73 Å². The number of hydrogen-bond acceptors (Lipinski definition) is 3. The molecule has 1 atom stereocenters. The van der Waals surface area contributed by atoms with Crippen LogP contribution in [0.2, 0.25) is 0 Å². The first-order valence-corrected chi connectivity index (χ1v) is 4.78. The molecule has 1 aliphatic heterocycles. The van der Waals surface area contributed by atoms with Gasteiger partial charge in [0.1, 0.15) is 11.8 Å². The van der Waals surface area contributed by atoms with Crippen LogP contribution in [0, 0.1) is 6.92 Å². The number of nitrogens with two attached hydrogens (primary N) is 1. The lowest BCUT2D eigenvalue weighted by molar-refractivity contribution is 0.224. The highest BCUT2D eigenvalue weighted by molar-refractivity contribution is 5.21. The predicted molar refractivity (Wildman–Crippen MR) is 54.6 cm³/mol. The minimum Gasteiger partial charge on any atom is -0.496 e. The van der Waals surface area contributed by atoms with E-state index in [-0.39, 0.29) is 6.04 Å². The Bertz CT molecular complexity index is 343. The summed E-state index contributed by atoms with van der Waals surface area (Å²) in [5.41, 5.74) is 8.00. The average molecular weight is 190 g/mol. The first-order valence-electron chi connectivity index (χ1n) is 4.78. The summed E-state index contributed by atoms with van der Waals surface area (Å²) < 4.78 is 5.40. The summed E-state index contributed by atoms with van der Waals surface area (Å²) >= 11 is 0. The first kappa shape index (κ1) is 9.21. The van der Waals surface area contributed by atoms with Gasteiger partial charge in [0.15, 0.2) is 0 Å². The van der Waals surface area contributed by atoms with Gasteiger partial charge in [-0.25, -0.2) is 0 Å². The van der Waals surface area contributed by atoms with E-state index in [0.717, 1.165) is 30.0 Å². The summed E-state index contributed by atoms with van der Waals surface area (Å²) in [4.78, 5) is 4.28. The van der Waals surface area contributed by atoms with Crippen molar-refractivity contribution in [1.29, 1.82) is 0 Å². The smallest absolute Gasteiger partial charge is 0.115 e. The molecular formula is C11H14N2O. The summed E-state index contributed by atoms with van der Waals surface area (Å²) in [6.07, 6.45) is 4.81. The van der Waals surface area contributed by atoms with Crippen LogP contribution in [-0.2, 0) is 4.74 Å². The zero-order chi connectivity index (χ0) is 9.97. The van der Waals surface area contributed by atoms with Gasteiger partial charge in [-0.15, -0.1) is 0 Å². The molecule has 0 amide bonds. The second-order valence-corrected chi connectivity index (χ2v) is 3.48. The molecule has 0 aliphatic carbocycles. The molecule has 2 N–H and O–H groups in total. The third-order valence-electron chi connectivity index (χ3n) is 2.29. The van der Waals surface area contributed by atoms with E-state index < -0.39 is 0 Å². The van der Waals surface area contributed by atoms with Gasteiger partial charge in [-0.3, -0.25) is 4.98 Å². The van der Waals surface area contributed by atoms with Crippen LogP contribution >= 0.6 is 0 Å². The first-order chi connectivity index (χ1) is 6.77. The van der Waals surface area contributed by atoms with Crippen molar-refractivity contribution in [3.63, 3.8) is 0 Å². The largest absolute Gasteiger partial charge is 0.496 e. The van der Waals surface area contributed by atoms with Gasteiger partial charge in [-0.1, -0.05) is 6.07 Å². The summed E-state index contributed by atoms with van der Waals surface area (Å²) in [5, 5.41) is 0. The molecule has 1 aromatic rings. The van der Waals surface area contributed by atoms with E-state index in [0.29, 0.717) is 0 Å². The molecule has 2 heterocycles. The molecule has 14 heavy (non-hydrogen) atoms. The van der Waals surface area contributed by atoms with Crippen molar-refractivity contribution in [3.05, 3.63) is 41.4 Å². The van der Waals surface area contributed by atoms with Crippen molar-refractivity contribution in [2.75, 3.05) is 6.61 Å². The number of rotatable bonds is 2. The van der Waals surface area contributed by atoms with Crippen molar-refractivity contribution in [2.45, 2.75) is 19.4 Å². The lowest BCUT2D eigenvalue weighted by Gasteiger charge is -2.12. The van der Waals surface area contributed by atoms with Gasteiger partial charge in [0, 0.05) is 12.6 Å². The van der Waals surface area contributed by atoms with Gasteiger partial charge in [0.05, 0.1) is 12.3 Å². The summed E-state index contributed by atoms with van der Waals surface area (Å²) in [6, 6.07) is 3.75. The maximum Gasteiger partial charge on any atom is 0.115 e. The minimum atomic E-state index is -0.210. The Labute approximate surface area is 83.6 Å². The number of aryl methyl sites for hydroxylation is 1. The van der Waals surface area contributed by atoms with Crippen molar-refractivity contribution < 1.29 is 4.74 Å². The molecule has 0 bridgehead atoms. The number of pyridine rings is 1. The molecule has 0 radical (unpaired) electrons. The van der Waals surface area contributed by atoms with E-state index in [9.17, 15) is 0 Å². The van der Waals surface area contributed by atoms with Crippen LogP contribution in [0.4, 0.5) is 0 Å². The SMILES string of the molecule is Cc1ccc(C(N)C2=CCCO2)nc1. The van der Waals surface area contributed by atoms with Gasteiger partial charge < -0.3 is 10.5 Å². The van der Waals surface area contributed by atoms with Crippen LogP contribution in [-0.4, -0.2) is 11.6 Å². The van der Waals surface area contributed by atoms with Gasteiger partial charge in [0.25, 0.3) is 0 Å². The van der Waals surface area contributed by atoms with Crippen LogP contribution in [0.3, 0.4) is 0 Å². The Morgan fingerprint density at radius 3 is 2.93 bits per heavy atom. The van der Waals surface area contributed by atoms with Crippen LogP contribution in [0.25, 0.3) is 0 Å². The maximum atomic E-state index is 5.99. The Balaban J connectivity index is 2.18. The molecule has 1 unspecified atom stereocenters. The van der Waals surface area contributed by atoms with Crippen molar-refractivity contribution in [1.82, 2.24) is 4.98 Å². The molecule has 0 aromatic carbocycles. The fraction of sp³-hybridized carbons (Fsp3) is 0.364. The van der Waals surface area contributed by atoms with Crippen LogP contribution in [0.1, 0.15) is 23.7 Å². The molecule has 2 rings (SSSR count). The Morgan fingerprint density at radius 1 is 1.50 bits per heavy atom. The highest BCUT2D eigenvalue weighted by atomic mass is 16.5. The van der Waals surface area contributed by atoms with Crippen LogP contribution in [0.15, 0.2) is 30.2 Å².